The SMILES string of the molecule is COc1ccc(CNCc2cc(Br)cs2)c2ccccc12. The van der Waals surface area contributed by atoms with Gasteiger partial charge in [-0.15, -0.1) is 11.3 Å². The highest BCUT2D eigenvalue weighted by Gasteiger charge is 2.06. The van der Waals surface area contributed by atoms with Gasteiger partial charge in [-0.2, -0.15) is 0 Å². The van der Waals surface area contributed by atoms with Gasteiger partial charge in [-0.05, 0) is 39.0 Å². The third kappa shape index (κ3) is 3.28. The van der Waals surface area contributed by atoms with Crippen molar-refractivity contribution >= 4 is 38.0 Å². The monoisotopic (exact) mass is 361 g/mol. The highest BCUT2D eigenvalue weighted by atomic mass is 79.9. The van der Waals surface area contributed by atoms with Crippen LogP contribution >= 0.6 is 27.3 Å². The Labute approximate surface area is 136 Å². The van der Waals surface area contributed by atoms with E-state index in [1.165, 1.54) is 15.8 Å². The molecule has 0 saturated heterocycles. The van der Waals surface area contributed by atoms with Gasteiger partial charge in [0.15, 0.2) is 0 Å². The molecule has 0 fully saturated rings. The molecule has 0 spiro atoms. The van der Waals surface area contributed by atoms with Crippen molar-refractivity contribution in [3.8, 4) is 5.75 Å². The van der Waals surface area contributed by atoms with Crippen molar-refractivity contribution in [1.82, 2.24) is 5.32 Å². The van der Waals surface area contributed by atoms with Crippen LogP contribution in [0.3, 0.4) is 0 Å². The summed E-state index contributed by atoms with van der Waals surface area (Å²) in [6.07, 6.45) is 0. The molecule has 0 aliphatic carbocycles. The smallest absolute Gasteiger partial charge is 0.126 e. The molecule has 108 valence electrons. The molecule has 0 unspecified atom stereocenters. The fraction of sp³-hybridized carbons (Fsp3) is 0.176. The molecule has 1 aromatic heterocycles. The summed E-state index contributed by atoms with van der Waals surface area (Å²) >= 11 is 5.25. The minimum Gasteiger partial charge on any atom is -0.496 e. The Balaban J connectivity index is 1.78. The maximum atomic E-state index is 5.44. The first-order chi connectivity index (χ1) is 10.3. The summed E-state index contributed by atoms with van der Waals surface area (Å²) in [4.78, 5) is 1.33. The Morgan fingerprint density at radius 2 is 1.90 bits per heavy atom. The molecule has 3 aromatic rings. The topological polar surface area (TPSA) is 21.3 Å². The zero-order chi connectivity index (χ0) is 14.7. The van der Waals surface area contributed by atoms with Gasteiger partial charge in [0.2, 0.25) is 0 Å². The van der Waals surface area contributed by atoms with Gasteiger partial charge < -0.3 is 10.1 Å². The fourth-order valence-corrected chi connectivity index (χ4v) is 3.85. The minimum absolute atomic E-state index is 0.847. The van der Waals surface area contributed by atoms with E-state index < -0.39 is 0 Å². The molecule has 1 N–H and O–H groups in total. The standard InChI is InChI=1S/C17H16BrNOS/c1-20-17-7-6-12(15-4-2-3-5-16(15)17)9-19-10-14-8-13(18)11-21-14/h2-8,11,19H,9-10H2,1H3. The number of ether oxygens (including phenoxy) is 1. The third-order valence-electron chi connectivity index (χ3n) is 3.43. The largest absolute Gasteiger partial charge is 0.496 e. The second-order valence-electron chi connectivity index (χ2n) is 4.81. The Bertz CT molecular complexity index is 753. The van der Waals surface area contributed by atoms with Crippen LogP contribution in [0.5, 0.6) is 5.75 Å². The number of rotatable bonds is 5. The highest BCUT2D eigenvalue weighted by molar-refractivity contribution is 9.10. The van der Waals surface area contributed by atoms with Crippen LogP contribution in [0.4, 0.5) is 0 Å². The van der Waals surface area contributed by atoms with Crippen molar-refractivity contribution in [1.29, 1.82) is 0 Å². The highest BCUT2D eigenvalue weighted by Crippen LogP contribution is 2.28. The lowest BCUT2D eigenvalue weighted by Crippen LogP contribution is -2.12. The molecule has 0 bridgehead atoms. The van der Waals surface area contributed by atoms with E-state index in [0.29, 0.717) is 0 Å². The molecular weight excluding hydrogens is 346 g/mol. The number of hydrogen-bond acceptors (Lipinski definition) is 3. The molecule has 0 aliphatic heterocycles. The average molecular weight is 362 g/mol. The van der Waals surface area contributed by atoms with Crippen molar-refractivity contribution in [2.75, 3.05) is 7.11 Å². The van der Waals surface area contributed by atoms with Gasteiger partial charge in [0.1, 0.15) is 5.75 Å². The van der Waals surface area contributed by atoms with Crippen molar-refractivity contribution in [3.05, 3.63) is 62.8 Å². The second kappa shape index (κ2) is 6.60. The van der Waals surface area contributed by atoms with Crippen LogP contribution in [-0.2, 0) is 13.1 Å². The predicted molar refractivity (Wildman–Crippen MR) is 93.1 cm³/mol. The minimum atomic E-state index is 0.847. The Morgan fingerprint density at radius 1 is 1.10 bits per heavy atom. The van der Waals surface area contributed by atoms with Gasteiger partial charge >= 0.3 is 0 Å². The normalized spacial score (nSPS) is 11.0. The van der Waals surface area contributed by atoms with Gasteiger partial charge in [0.05, 0.1) is 7.11 Å². The lowest BCUT2D eigenvalue weighted by atomic mass is 10.0. The van der Waals surface area contributed by atoms with Crippen LogP contribution in [0.2, 0.25) is 0 Å². The van der Waals surface area contributed by atoms with Gasteiger partial charge in [-0.1, -0.05) is 30.3 Å². The lowest BCUT2D eigenvalue weighted by molar-refractivity contribution is 0.419. The van der Waals surface area contributed by atoms with Crippen LogP contribution in [0.25, 0.3) is 10.8 Å². The molecule has 3 rings (SSSR count). The summed E-state index contributed by atoms with van der Waals surface area (Å²) in [5.41, 5.74) is 1.29. The van der Waals surface area contributed by atoms with Gasteiger partial charge in [-0.25, -0.2) is 0 Å². The van der Waals surface area contributed by atoms with E-state index in [1.807, 2.05) is 12.1 Å². The number of benzene rings is 2. The van der Waals surface area contributed by atoms with E-state index in [9.17, 15) is 0 Å². The number of fused-ring (bicyclic) bond motifs is 1. The number of nitrogens with one attached hydrogen (secondary N) is 1. The zero-order valence-corrected chi connectivity index (χ0v) is 14.1. The quantitative estimate of drug-likeness (QED) is 0.693. The zero-order valence-electron chi connectivity index (χ0n) is 11.7. The maximum Gasteiger partial charge on any atom is 0.126 e. The molecule has 0 atom stereocenters. The molecule has 0 aliphatic rings. The third-order valence-corrected chi connectivity index (χ3v) is 5.13. The number of methoxy groups -OCH3 is 1. The Morgan fingerprint density at radius 3 is 2.62 bits per heavy atom. The molecule has 2 nitrogen and oxygen atoms in total. The molecule has 0 radical (unpaired) electrons. The van der Waals surface area contributed by atoms with E-state index in [1.54, 1.807) is 18.4 Å². The van der Waals surface area contributed by atoms with E-state index in [4.69, 9.17) is 4.74 Å². The van der Waals surface area contributed by atoms with Crippen molar-refractivity contribution in [3.63, 3.8) is 0 Å². The summed E-state index contributed by atoms with van der Waals surface area (Å²) in [5, 5.41) is 8.03. The van der Waals surface area contributed by atoms with Crippen LogP contribution in [-0.4, -0.2) is 7.11 Å². The predicted octanol–water partition coefficient (Wildman–Crippen LogP) is 4.96. The van der Waals surface area contributed by atoms with Crippen molar-refractivity contribution in [2.45, 2.75) is 13.1 Å². The summed E-state index contributed by atoms with van der Waals surface area (Å²) in [7, 11) is 1.72. The van der Waals surface area contributed by atoms with Gasteiger partial charge in [0.25, 0.3) is 0 Å². The molecular formula is C17H16BrNOS. The first-order valence-electron chi connectivity index (χ1n) is 6.76. The van der Waals surface area contributed by atoms with Crippen LogP contribution in [0, 0.1) is 0 Å². The Kier molecular flexibility index (Phi) is 4.58. The van der Waals surface area contributed by atoms with Crippen molar-refractivity contribution in [2.24, 2.45) is 0 Å². The van der Waals surface area contributed by atoms with E-state index in [2.05, 4.69) is 57.0 Å². The summed E-state index contributed by atoms with van der Waals surface area (Å²) < 4.78 is 6.59. The number of hydrogen-bond donors (Lipinski definition) is 1. The molecule has 1 heterocycles. The molecule has 4 heteroatoms. The van der Waals surface area contributed by atoms with Crippen LogP contribution < -0.4 is 10.1 Å². The van der Waals surface area contributed by atoms with E-state index in [-0.39, 0.29) is 0 Å². The summed E-state index contributed by atoms with van der Waals surface area (Å²) in [6.45, 7) is 1.73. The van der Waals surface area contributed by atoms with Crippen molar-refractivity contribution < 1.29 is 4.74 Å². The molecule has 0 amide bonds. The Hall–Kier alpha value is -1.36. The summed E-state index contributed by atoms with van der Waals surface area (Å²) in [5.74, 6) is 0.927. The lowest BCUT2D eigenvalue weighted by Gasteiger charge is -2.11. The van der Waals surface area contributed by atoms with Gasteiger partial charge in [-0.3, -0.25) is 0 Å². The molecule has 2 aromatic carbocycles. The number of halogens is 1. The summed E-state index contributed by atoms with van der Waals surface area (Å²) in [6, 6.07) is 14.7. The first kappa shape index (κ1) is 14.6. The fourth-order valence-electron chi connectivity index (χ4n) is 2.43. The maximum absolute atomic E-state index is 5.44. The molecule has 21 heavy (non-hydrogen) atoms. The van der Waals surface area contributed by atoms with Crippen LogP contribution in [0.1, 0.15) is 10.4 Å². The van der Waals surface area contributed by atoms with E-state index >= 15 is 0 Å². The number of thiophene rings is 1. The first-order valence-corrected chi connectivity index (χ1v) is 8.43. The van der Waals surface area contributed by atoms with Crippen LogP contribution in [0.15, 0.2) is 52.3 Å². The second-order valence-corrected chi connectivity index (χ2v) is 6.72. The van der Waals surface area contributed by atoms with Gasteiger partial charge in [0, 0.05) is 33.2 Å². The average Bonchev–Trinajstić information content (AvgIpc) is 2.93. The van der Waals surface area contributed by atoms with E-state index in [0.717, 1.165) is 28.7 Å². The molecule has 0 saturated carbocycles.